The lowest BCUT2D eigenvalue weighted by molar-refractivity contribution is -0.122. The van der Waals surface area contributed by atoms with E-state index < -0.39 is 35.8 Å². The molecule has 0 spiro atoms. The summed E-state index contributed by atoms with van der Waals surface area (Å²) in [4.78, 5) is 65.1. The Morgan fingerprint density at radius 3 is 2.15 bits per heavy atom. The molecule has 1 aliphatic rings. The van der Waals surface area contributed by atoms with Crippen LogP contribution in [0.25, 0.3) is 0 Å². The summed E-state index contributed by atoms with van der Waals surface area (Å²) in [5.41, 5.74) is 2.54. The summed E-state index contributed by atoms with van der Waals surface area (Å²) in [7, 11) is 1.76. The number of hydrogen-bond donors (Lipinski definition) is 3. The molecular weight excluding hydrogens is 635 g/mol. The van der Waals surface area contributed by atoms with Gasteiger partial charge in [-0.25, -0.2) is 9.97 Å². The third-order valence-corrected chi connectivity index (χ3v) is 9.82. The van der Waals surface area contributed by atoms with Crippen LogP contribution in [0.2, 0.25) is 0 Å². The molecule has 2 aromatic carbocycles. The first-order chi connectivity index (χ1) is 22.7. The van der Waals surface area contributed by atoms with E-state index in [4.69, 9.17) is 0 Å². The fraction of sp³-hybridized carbons (Fsp3) is 0.235. The van der Waals surface area contributed by atoms with Crippen LogP contribution in [0, 0.1) is 0 Å². The summed E-state index contributed by atoms with van der Waals surface area (Å²) in [6.07, 6.45) is 2.21. The number of aromatic nitrogens is 3. The van der Waals surface area contributed by atoms with Crippen molar-refractivity contribution in [2.45, 2.75) is 31.5 Å². The number of fused-ring (bicyclic) bond motifs is 4. The zero-order chi connectivity index (χ0) is 32.9. The van der Waals surface area contributed by atoms with Gasteiger partial charge in [0.1, 0.15) is 27.1 Å². The number of hydrogen-bond acceptors (Lipinski definition) is 8. The molecule has 240 valence electrons. The maximum absolute atomic E-state index is 13.9. The average Bonchev–Trinajstić information content (AvgIpc) is 3.85. The van der Waals surface area contributed by atoms with Crippen LogP contribution in [-0.4, -0.2) is 56.2 Å². The fourth-order valence-electron chi connectivity index (χ4n) is 5.38. The zero-order valence-electron chi connectivity index (χ0n) is 25.8. The molecular formula is C34H33N7O4S2. The molecule has 0 fully saturated rings. The van der Waals surface area contributed by atoms with E-state index >= 15 is 0 Å². The third-order valence-electron chi connectivity index (χ3n) is 7.84. The first-order valence-corrected chi connectivity index (χ1v) is 16.8. The van der Waals surface area contributed by atoms with Crippen LogP contribution in [0.1, 0.15) is 77.7 Å². The third kappa shape index (κ3) is 7.47. The predicted octanol–water partition coefficient (Wildman–Crippen LogP) is 4.46. The van der Waals surface area contributed by atoms with Crippen LogP contribution < -0.4 is 16.0 Å². The van der Waals surface area contributed by atoms with Crippen molar-refractivity contribution in [1.82, 2.24) is 35.4 Å². The highest BCUT2D eigenvalue weighted by atomic mass is 32.1. The van der Waals surface area contributed by atoms with E-state index in [2.05, 4.69) is 25.9 Å². The lowest BCUT2D eigenvalue weighted by Crippen LogP contribution is -2.46. The van der Waals surface area contributed by atoms with Crippen molar-refractivity contribution in [3.8, 4) is 0 Å². The van der Waals surface area contributed by atoms with Crippen LogP contribution in [-0.2, 0) is 18.3 Å². The minimum atomic E-state index is -0.663. The molecule has 4 heterocycles. The van der Waals surface area contributed by atoms with Crippen molar-refractivity contribution < 1.29 is 19.2 Å². The molecule has 5 aromatic rings. The number of nitrogens with zero attached hydrogens (tertiary/aromatic N) is 4. The Bertz CT molecular complexity index is 1890. The lowest BCUT2D eigenvalue weighted by Gasteiger charge is -2.29. The first-order valence-electron chi connectivity index (χ1n) is 15.1. The first kappa shape index (κ1) is 31.8. The summed E-state index contributed by atoms with van der Waals surface area (Å²) < 4.78 is 1.69. The second kappa shape index (κ2) is 14.1. The monoisotopic (exact) mass is 667 g/mol. The molecule has 3 atom stereocenters. The lowest BCUT2D eigenvalue weighted by atomic mass is 10.1. The molecule has 11 nitrogen and oxygen atoms in total. The zero-order valence-corrected chi connectivity index (χ0v) is 27.4. The van der Waals surface area contributed by atoms with Crippen LogP contribution in [0.15, 0.2) is 89.8 Å². The second-order valence-corrected chi connectivity index (χ2v) is 13.1. The topological polar surface area (TPSA) is 138 Å². The molecule has 4 amide bonds. The van der Waals surface area contributed by atoms with Gasteiger partial charge in [0.05, 0.1) is 24.7 Å². The van der Waals surface area contributed by atoms with Crippen molar-refractivity contribution >= 4 is 46.3 Å². The van der Waals surface area contributed by atoms with Crippen molar-refractivity contribution in [2.75, 3.05) is 13.1 Å². The van der Waals surface area contributed by atoms with E-state index in [1.807, 2.05) is 60.7 Å². The van der Waals surface area contributed by atoms with E-state index in [9.17, 15) is 19.2 Å². The number of benzene rings is 2. The number of carbonyl (C=O) groups is 4. The molecule has 0 radical (unpaired) electrons. The number of nitrogens with one attached hydrogen (secondary N) is 3. The molecule has 47 heavy (non-hydrogen) atoms. The number of thiazole rings is 2. The summed E-state index contributed by atoms with van der Waals surface area (Å²) in [5.74, 6) is -1.61. The van der Waals surface area contributed by atoms with Gasteiger partial charge < -0.3 is 25.4 Å². The van der Waals surface area contributed by atoms with Crippen molar-refractivity contribution in [3.05, 3.63) is 128 Å². The SMILES string of the molecule is C[C@@H]1NC(=O)CN(C(=O)c2cccn2C)C[C@@H](c2ccccc2)NC(=O)c2csc(n2)[C@@H](Cc2ccccc2)NC(=O)c2csc1n2. The van der Waals surface area contributed by atoms with Gasteiger partial charge in [0, 0.05) is 30.5 Å². The Morgan fingerprint density at radius 1 is 0.830 bits per heavy atom. The standard InChI is InChI=1S/C34H33N7O4S2/c1-21-32-38-26(19-46-32)30(43)36-24(16-22-10-5-3-6-11-22)33-39-27(20-47-33)31(44)37-25(23-12-7-4-8-13-23)17-41(18-29(42)35-21)34(45)28-14-9-15-40(28)2/h3-15,19-21,24-25H,16-18H2,1-2H3,(H,35,42)(H,36,43)(H,37,44)/t21-,24+,25-/m0/s1. The molecule has 0 unspecified atom stereocenters. The Balaban J connectivity index is 1.39. The van der Waals surface area contributed by atoms with Gasteiger partial charge in [-0.3, -0.25) is 19.2 Å². The number of amides is 4. The van der Waals surface area contributed by atoms with Gasteiger partial charge in [0.2, 0.25) is 5.91 Å². The number of carbonyl (C=O) groups excluding carboxylic acids is 4. The van der Waals surface area contributed by atoms with Crippen molar-refractivity contribution in [3.63, 3.8) is 0 Å². The van der Waals surface area contributed by atoms with Gasteiger partial charge in [-0.15, -0.1) is 22.7 Å². The predicted molar refractivity (Wildman–Crippen MR) is 179 cm³/mol. The molecule has 1 aliphatic heterocycles. The molecule has 0 aliphatic carbocycles. The minimum absolute atomic E-state index is 0.0205. The Kier molecular flexibility index (Phi) is 9.55. The summed E-state index contributed by atoms with van der Waals surface area (Å²) in [6, 6.07) is 20.8. The minimum Gasteiger partial charge on any atom is -0.347 e. The molecule has 6 rings (SSSR count). The van der Waals surface area contributed by atoms with Crippen molar-refractivity contribution in [1.29, 1.82) is 0 Å². The van der Waals surface area contributed by atoms with E-state index in [-0.39, 0.29) is 30.4 Å². The Morgan fingerprint density at radius 2 is 1.47 bits per heavy atom. The largest absolute Gasteiger partial charge is 0.347 e. The van der Waals surface area contributed by atoms with Crippen molar-refractivity contribution in [2.24, 2.45) is 7.05 Å². The molecule has 3 aromatic heterocycles. The van der Waals surface area contributed by atoms with E-state index in [1.165, 1.54) is 27.6 Å². The number of aryl methyl sites for hydroxylation is 1. The quantitative estimate of drug-likeness (QED) is 0.259. The van der Waals surface area contributed by atoms with Gasteiger partial charge in [0.25, 0.3) is 17.7 Å². The normalized spacial score (nSPS) is 19.2. The molecule has 0 saturated carbocycles. The van der Waals surface area contributed by atoms with Gasteiger partial charge in [-0.2, -0.15) is 0 Å². The van der Waals surface area contributed by atoms with Gasteiger partial charge in [-0.05, 0) is 36.6 Å². The van der Waals surface area contributed by atoms with Crippen LogP contribution in [0.5, 0.6) is 0 Å². The van der Waals surface area contributed by atoms with Crippen LogP contribution in [0.4, 0.5) is 0 Å². The average molecular weight is 668 g/mol. The van der Waals surface area contributed by atoms with Gasteiger partial charge in [0.15, 0.2) is 0 Å². The maximum atomic E-state index is 13.9. The Labute approximate surface area is 279 Å². The number of rotatable bonds is 4. The smallest absolute Gasteiger partial charge is 0.271 e. The van der Waals surface area contributed by atoms with E-state index in [1.54, 1.807) is 47.6 Å². The van der Waals surface area contributed by atoms with Crippen LogP contribution in [0.3, 0.4) is 0 Å². The highest BCUT2D eigenvalue weighted by Gasteiger charge is 2.29. The van der Waals surface area contributed by atoms with Crippen LogP contribution >= 0.6 is 22.7 Å². The highest BCUT2D eigenvalue weighted by molar-refractivity contribution is 7.10. The fourth-order valence-corrected chi connectivity index (χ4v) is 7.04. The molecule has 4 bridgehead atoms. The summed E-state index contributed by atoms with van der Waals surface area (Å²) in [5, 5.41) is 13.5. The summed E-state index contributed by atoms with van der Waals surface area (Å²) in [6.45, 7) is 1.53. The highest BCUT2D eigenvalue weighted by Crippen LogP contribution is 2.26. The van der Waals surface area contributed by atoms with E-state index in [0.29, 0.717) is 22.1 Å². The Hall–Kier alpha value is -5.14. The van der Waals surface area contributed by atoms with Gasteiger partial charge >= 0.3 is 0 Å². The van der Waals surface area contributed by atoms with Gasteiger partial charge in [-0.1, -0.05) is 60.7 Å². The summed E-state index contributed by atoms with van der Waals surface area (Å²) >= 11 is 2.55. The molecule has 0 saturated heterocycles. The molecule has 13 heteroatoms. The second-order valence-electron chi connectivity index (χ2n) is 11.3. The maximum Gasteiger partial charge on any atom is 0.271 e. The molecule has 3 N–H and O–H groups in total. The van der Waals surface area contributed by atoms with E-state index in [0.717, 1.165) is 11.1 Å².